The van der Waals surface area contributed by atoms with Gasteiger partial charge in [0.15, 0.2) is 0 Å². The second-order valence-corrected chi connectivity index (χ2v) is 10.5. The number of aryl methyl sites for hydroxylation is 1. The van der Waals surface area contributed by atoms with Gasteiger partial charge in [0.2, 0.25) is 0 Å². The number of nitrogens with one attached hydrogen (secondary N) is 1. The van der Waals surface area contributed by atoms with Crippen LogP contribution in [0.15, 0.2) is 54.6 Å². The van der Waals surface area contributed by atoms with Crippen LogP contribution in [0.1, 0.15) is 38.3 Å². The molecule has 0 saturated heterocycles. The zero-order chi connectivity index (χ0) is 26.1. The molecule has 0 aliphatic heterocycles. The van der Waals surface area contributed by atoms with E-state index in [1.807, 2.05) is 44.4 Å². The number of alkyl carbamates (subject to hydrolysis) is 1. The Morgan fingerprint density at radius 1 is 1.00 bits per heavy atom. The quantitative estimate of drug-likeness (QED) is 0.468. The van der Waals surface area contributed by atoms with E-state index in [0.717, 1.165) is 33.3 Å². The molecule has 3 aromatic rings. The fraction of sp³-hybridized carbons (Fsp3) is 0.379. The summed E-state index contributed by atoms with van der Waals surface area (Å²) in [7, 11) is 5.35. The monoisotopic (exact) mass is 490 g/mol. The number of ether oxygens (including phenoxy) is 3. The number of carbonyl (C=O) groups is 2. The first-order valence-electron chi connectivity index (χ1n) is 12.1. The average molecular weight is 491 g/mol. The van der Waals surface area contributed by atoms with Crippen molar-refractivity contribution >= 4 is 28.5 Å². The van der Waals surface area contributed by atoms with Gasteiger partial charge in [-0.1, -0.05) is 24.3 Å². The van der Waals surface area contributed by atoms with Crippen LogP contribution in [-0.4, -0.2) is 44.4 Å². The predicted molar refractivity (Wildman–Crippen MR) is 141 cm³/mol. The fourth-order valence-corrected chi connectivity index (χ4v) is 4.59. The summed E-state index contributed by atoms with van der Waals surface area (Å²) in [5.74, 6) is 0.920. The van der Waals surface area contributed by atoms with Crippen LogP contribution in [0.5, 0.6) is 11.5 Å². The molecule has 36 heavy (non-hydrogen) atoms. The lowest BCUT2D eigenvalue weighted by Crippen LogP contribution is -2.59. The summed E-state index contributed by atoms with van der Waals surface area (Å²) in [5.41, 5.74) is 1.23. The van der Waals surface area contributed by atoms with Gasteiger partial charge in [0.05, 0.1) is 7.11 Å². The maximum Gasteiger partial charge on any atom is 0.408 e. The predicted octanol–water partition coefficient (Wildman–Crippen LogP) is 5.62. The number of hydrogen-bond donors (Lipinski definition) is 1. The molecule has 1 atom stereocenters. The van der Waals surface area contributed by atoms with E-state index in [2.05, 4.69) is 34.5 Å². The van der Waals surface area contributed by atoms with E-state index in [-0.39, 0.29) is 6.42 Å². The van der Waals surface area contributed by atoms with Crippen molar-refractivity contribution in [1.82, 2.24) is 5.32 Å². The second kappa shape index (κ2) is 9.72. The number of hydrogen-bond acceptors (Lipinski definition) is 6. The topological polar surface area (TPSA) is 77.1 Å². The van der Waals surface area contributed by atoms with Crippen LogP contribution < -0.4 is 15.0 Å². The number of carbonyl (C=O) groups excluding carboxylic acids is 2. The lowest BCUT2D eigenvalue weighted by atomic mass is 9.78. The van der Waals surface area contributed by atoms with Gasteiger partial charge in [-0.3, -0.25) is 0 Å². The zero-order valence-electron chi connectivity index (χ0n) is 21.8. The molecular formula is C29H34N2O5. The molecule has 4 rings (SSSR count). The number of rotatable bonds is 5. The highest BCUT2D eigenvalue weighted by atomic mass is 16.6. The van der Waals surface area contributed by atoms with Crippen LogP contribution in [0, 0.1) is 0 Å². The number of methoxy groups -OCH3 is 1. The standard InChI is InChI=1S/C29H34N2O5/c1-28(2,3)36-27(33)30-29(26(32)34-6)15-14-19-11-13-23(16-21(19)18-29)35-25-9-7-8-20-10-12-22(31(4)5)17-24(20)25/h7-13,16-17H,14-15,18H2,1-6H3,(H,30,33). The number of benzene rings is 3. The molecule has 0 fully saturated rings. The number of anilines is 1. The number of amides is 1. The first kappa shape index (κ1) is 25.4. The molecule has 1 aliphatic rings. The van der Waals surface area contributed by atoms with Gasteiger partial charge in [-0.05, 0) is 80.5 Å². The largest absolute Gasteiger partial charge is 0.467 e. The van der Waals surface area contributed by atoms with E-state index in [4.69, 9.17) is 14.2 Å². The van der Waals surface area contributed by atoms with Crippen LogP contribution in [0.2, 0.25) is 0 Å². The molecule has 1 amide bonds. The minimum absolute atomic E-state index is 0.283. The van der Waals surface area contributed by atoms with Gasteiger partial charge in [0.1, 0.15) is 22.6 Å². The van der Waals surface area contributed by atoms with Crippen molar-refractivity contribution in [3.05, 3.63) is 65.7 Å². The maximum atomic E-state index is 12.9. The minimum Gasteiger partial charge on any atom is -0.467 e. The van der Waals surface area contributed by atoms with Gasteiger partial charge >= 0.3 is 12.1 Å². The van der Waals surface area contributed by atoms with Gasteiger partial charge < -0.3 is 24.4 Å². The van der Waals surface area contributed by atoms with Gasteiger partial charge in [-0.25, -0.2) is 9.59 Å². The summed E-state index contributed by atoms with van der Waals surface area (Å²) >= 11 is 0. The summed E-state index contributed by atoms with van der Waals surface area (Å²) in [5, 5.41) is 4.91. The summed E-state index contributed by atoms with van der Waals surface area (Å²) < 4.78 is 16.9. The van der Waals surface area contributed by atoms with Crippen LogP contribution in [0.3, 0.4) is 0 Å². The Kier molecular flexibility index (Phi) is 6.85. The van der Waals surface area contributed by atoms with Crippen LogP contribution in [-0.2, 0) is 27.1 Å². The molecule has 1 unspecified atom stereocenters. The Bertz CT molecular complexity index is 1290. The van der Waals surface area contributed by atoms with Crippen molar-refractivity contribution in [2.75, 3.05) is 26.1 Å². The third-order valence-electron chi connectivity index (χ3n) is 6.38. The molecule has 1 N–H and O–H groups in total. The lowest BCUT2D eigenvalue weighted by Gasteiger charge is -2.36. The Labute approximate surface area is 212 Å². The van der Waals surface area contributed by atoms with E-state index in [1.54, 1.807) is 20.8 Å². The lowest BCUT2D eigenvalue weighted by molar-refractivity contribution is -0.149. The van der Waals surface area contributed by atoms with Gasteiger partial charge in [0.25, 0.3) is 0 Å². The van der Waals surface area contributed by atoms with E-state index in [9.17, 15) is 9.59 Å². The Morgan fingerprint density at radius 3 is 2.47 bits per heavy atom. The van der Waals surface area contributed by atoms with Crippen molar-refractivity contribution in [3.8, 4) is 11.5 Å². The zero-order valence-corrected chi connectivity index (χ0v) is 21.8. The first-order valence-corrected chi connectivity index (χ1v) is 12.1. The van der Waals surface area contributed by atoms with Gasteiger partial charge in [-0.15, -0.1) is 0 Å². The highest BCUT2D eigenvalue weighted by Crippen LogP contribution is 2.36. The highest BCUT2D eigenvalue weighted by Gasteiger charge is 2.44. The molecule has 0 saturated carbocycles. The molecule has 1 aliphatic carbocycles. The summed E-state index contributed by atoms with van der Waals surface area (Å²) in [6.45, 7) is 5.35. The van der Waals surface area contributed by atoms with Gasteiger partial charge in [0, 0.05) is 31.6 Å². The molecule has 0 bridgehead atoms. The van der Waals surface area contributed by atoms with Gasteiger partial charge in [-0.2, -0.15) is 0 Å². The van der Waals surface area contributed by atoms with E-state index in [1.165, 1.54) is 7.11 Å². The van der Waals surface area contributed by atoms with Crippen LogP contribution in [0.25, 0.3) is 10.8 Å². The maximum absolute atomic E-state index is 12.9. The molecule has 7 nitrogen and oxygen atoms in total. The SMILES string of the molecule is COC(=O)C1(NC(=O)OC(C)(C)C)CCc2ccc(Oc3cccc4ccc(N(C)C)cc34)cc2C1. The average Bonchev–Trinajstić information content (AvgIpc) is 2.82. The molecule has 3 aromatic carbocycles. The third kappa shape index (κ3) is 5.40. The minimum atomic E-state index is -1.21. The van der Waals surface area contributed by atoms with E-state index >= 15 is 0 Å². The molecular weight excluding hydrogens is 456 g/mol. The van der Waals surface area contributed by atoms with E-state index in [0.29, 0.717) is 18.6 Å². The first-order chi connectivity index (χ1) is 17.0. The Hall–Kier alpha value is -3.74. The third-order valence-corrected chi connectivity index (χ3v) is 6.38. The van der Waals surface area contributed by atoms with E-state index < -0.39 is 23.2 Å². The number of fused-ring (bicyclic) bond motifs is 2. The molecule has 7 heteroatoms. The second-order valence-electron chi connectivity index (χ2n) is 10.5. The van der Waals surface area contributed by atoms with Crippen LogP contribution in [0.4, 0.5) is 10.5 Å². The molecule has 0 aromatic heterocycles. The van der Waals surface area contributed by atoms with Crippen molar-refractivity contribution in [1.29, 1.82) is 0 Å². The molecule has 190 valence electrons. The Morgan fingerprint density at radius 2 is 1.78 bits per heavy atom. The normalized spacial score (nSPS) is 17.2. The number of nitrogens with zero attached hydrogens (tertiary/aromatic N) is 1. The summed E-state index contributed by atoms with van der Waals surface area (Å²) in [4.78, 5) is 27.5. The molecule has 0 spiro atoms. The highest BCUT2D eigenvalue weighted by molar-refractivity contribution is 5.91. The van der Waals surface area contributed by atoms with Crippen molar-refractivity contribution < 1.29 is 23.8 Å². The molecule has 0 radical (unpaired) electrons. The van der Waals surface area contributed by atoms with Crippen molar-refractivity contribution in [2.24, 2.45) is 0 Å². The number of esters is 1. The van der Waals surface area contributed by atoms with Crippen LogP contribution >= 0.6 is 0 Å². The fourth-order valence-electron chi connectivity index (χ4n) is 4.59. The smallest absolute Gasteiger partial charge is 0.408 e. The molecule has 0 heterocycles. The Balaban J connectivity index is 1.64. The van der Waals surface area contributed by atoms with Crippen molar-refractivity contribution in [3.63, 3.8) is 0 Å². The summed E-state index contributed by atoms with van der Waals surface area (Å²) in [6, 6.07) is 18.2. The summed E-state index contributed by atoms with van der Waals surface area (Å²) in [6.07, 6.45) is 0.673. The van der Waals surface area contributed by atoms with Crippen molar-refractivity contribution in [2.45, 2.75) is 51.2 Å².